The fourth-order valence-corrected chi connectivity index (χ4v) is 4.79. The molecule has 0 aromatic rings. The molecule has 5 unspecified atom stereocenters. The van der Waals surface area contributed by atoms with Crippen LogP contribution in [0.3, 0.4) is 0 Å². The van der Waals surface area contributed by atoms with E-state index in [1.54, 1.807) is 6.42 Å². The van der Waals surface area contributed by atoms with Crippen molar-refractivity contribution in [2.45, 2.75) is 76.9 Å². The molecule has 1 saturated heterocycles. The zero-order chi connectivity index (χ0) is 13.1. The highest BCUT2D eigenvalue weighted by Gasteiger charge is 2.40. The van der Waals surface area contributed by atoms with Gasteiger partial charge in [-0.3, -0.25) is 0 Å². The van der Waals surface area contributed by atoms with E-state index >= 15 is 0 Å². The zero-order valence-electron chi connectivity index (χ0n) is 12.6. The summed E-state index contributed by atoms with van der Waals surface area (Å²) in [4.78, 5) is 0. The zero-order valence-corrected chi connectivity index (χ0v) is 12.6. The highest BCUT2D eigenvalue weighted by Crippen LogP contribution is 2.50. The molecule has 3 aliphatic rings. The Morgan fingerprint density at radius 1 is 1.16 bits per heavy atom. The molecule has 19 heavy (non-hydrogen) atoms. The van der Waals surface area contributed by atoms with Gasteiger partial charge in [-0.15, -0.1) is 0 Å². The van der Waals surface area contributed by atoms with Crippen molar-refractivity contribution in [1.29, 1.82) is 0 Å². The predicted octanol–water partition coefficient (Wildman–Crippen LogP) is 3.75. The average molecular weight is 265 g/mol. The van der Waals surface area contributed by atoms with Crippen LogP contribution in [0.15, 0.2) is 0 Å². The number of fused-ring (bicyclic) bond motifs is 2. The van der Waals surface area contributed by atoms with Crippen molar-refractivity contribution in [1.82, 2.24) is 5.32 Å². The van der Waals surface area contributed by atoms with Crippen molar-refractivity contribution in [3.63, 3.8) is 0 Å². The summed E-state index contributed by atoms with van der Waals surface area (Å²) in [7, 11) is 0. The number of hydrogen-bond acceptors (Lipinski definition) is 2. The van der Waals surface area contributed by atoms with E-state index in [0.29, 0.717) is 12.1 Å². The summed E-state index contributed by atoms with van der Waals surface area (Å²) in [6.45, 7) is 4.45. The van der Waals surface area contributed by atoms with Crippen LogP contribution in [0.4, 0.5) is 0 Å². The van der Waals surface area contributed by atoms with Crippen LogP contribution in [0, 0.1) is 17.8 Å². The maximum Gasteiger partial charge on any atom is 0.0590 e. The third-order valence-electron chi connectivity index (χ3n) is 5.73. The average Bonchev–Trinajstić information content (AvgIpc) is 3.12. The fourth-order valence-electron chi connectivity index (χ4n) is 4.79. The Bertz CT molecular complexity index is 274. The van der Waals surface area contributed by atoms with Gasteiger partial charge in [0.05, 0.1) is 6.10 Å². The second-order valence-corrected chi connectivity index (χ2v) is 7.19. The summed E-state index contributed by atoms with van der Waals surface area (Å²) in [5.74, 6) is 3.18. The first-order valence-electron chi connectivity index (χ1n) is 8.70. The lowest BCUT2D eigenvalue weighted by Crippen LogP contribution is -2.35. The lowest BCUT2D eigenvalue weighted by atomic mass is 9.83. The third kappa shape index (κ3) is 3.52. The number of nitrogens with one attached hydrogen (secondary N) is 1. The predicted molar refractivity (Wildman–Crippen MR) is 79.2 cm³/mol. The Morgan fingerprint density at radius 3 is 2.74 bits per heavy atom. The lowest BCUT2D eigenvalue weighted by molar-refractivity contribution is 0.0896. The van der Waals surface area contributed by atoms with E-state index in [9.17, 15) is 0 Å². The van der Waals surface area contributed by atoms with E-state index in [2.05, 4.69) is 12.2 Å². The topological polar surface area (TPSA) is 21.3 Å². The van der Waals surface area contributed by atoms with Crippen molar-refractivity contribution < 1.29 is 4.74 Å². The van der Waals surface area contributed by atoms with Crippen LogP contribution in [0.25, 0.3) is 0 Å². The van der Waals surface area contributed by atoms with Crippen LogP contribution in [-0.2, 0) is 4.74 Å². The Morgan fingerprint density at radius 2 is 2.11 bits per heavy atom. The Balaban J connectivity index is 1.49. The largest absolute Gasteiger partial charge is 0.378 e. The molecule has 3 rings (SSSR count). The van der Waals surface area contributed by atoms with Gasteiger partial charge in [-0.2, -0.15) is 0 Å². The summed E-state index contributed by atoms with van der Waals surface area (Å²) >= 11 is 0. The molecule has 1 heterocycles. The van der Waals surface area contributed by atoms with E-state index in [1.165, 1.54) is 57.9 Å². The maximum absolute atomic E-state index is 5.85. The highest BCUT2D eigenvalue weighted by atomic mass is 16.5. The fraction of sp³-hybridized carbons (Fsp3) is 1.00. The molecule has 0 amide bonds. The van der Waals surface area contributed by atoms with Crippen LogP contribution in [0.1, 0.15) is 64.7 Å². The SMILES string of the molecule is CCCNC(CC1CCCO1)CC1CC2CCC1C2. The summed E-state index contributed by atoms with van der Waals surface area (Å²) < 4.78 is 5.85. The number of ether oxygens (including phenoxy) is 1. The quantitative estimate of drug-likeness (QED) is 0.757. The van der Waals surface area contributed by atoms with Gasteiger partial charge in [-0.1, -0.05) is 13.3 Å². The van der Waals surface area contributed by atoms with Gasteiger partial charge in [0, 0.05) is 12.6 Å². The Kier molecular flexibility index (Phi) is 4.81. The van der Waals surface area contributed by atoms with Crippen molar-refractivity contribution >= 4 is 0 Å². The van der Waals surface area contributed by atoms with Gasteiger partial charge >= 0.3 is 0 Å². The minimum atomic E-state index is 0.549. The van der Waals surface area contributed by atoms with Gasteiger partial charge in [0.1, 0.15) is 0 Å². The second kappa shape index (κ2) is 6.58. The molecule has 3 fully saturated rings. The molecule has 0 radical (unpaired) electrons. The monoisotopic (exact) mass is 265 g/mol. The molecule has 0 aromatic heterocycles. The minimum absolute atomic E-state index is 0.549. The molecule has 110 valence electrons. The summed E-state index contributed by atoms with van der Waals surface area (Å²) in [5.41, 5.74) is 0. The smallest absolute Gasteiger partial charge is 0.0590 e. The standard InChI is InChI=1S/C17H31NO/c1-2-7-18-16(12-17-4-3-8-19-17)11-15-10-13-5-6-14(15)9-13/h13-18H,2-12H2,1H3. The third-order valence-corrected chi connectivity index (χ3v) is 5.73. The molecule has 2 aliphatic carbocycles. The van der Waals surface area contributed by atoms with Crippen LogP contribution in [-0.4, -0.2) is 25.3 Å². The van der Waals surface area contributed by atoms with Gasteiger partial charge in [0.15, 0.2) is 0 Å². The van der Waals surface area contributed by atoms with E-state index in [4.69, 9.17) is 4.74 Å². The summed E-state index contributed by atoms with van der Waals surface area (Å²) in [6.07, 6.45) is 13.2. The second-order valence-electron chi connectivity index (χ2n) is 7.19. The molecule has 2 nitrogen and oxygen atoms in total. The van der Waals surface area contributed by atoms with Crippen molar-refractivity contribution in [3.8, 4) is 0 Å². The summed E-state index contributed by atoms with van der Waals surface area (Å²) in [6, 6.07) is 0.715. The first kappa shape index (κ1) is 13.9. The summed E-state index contributed by atoms with van der Waals surface area (Å²) in [5, 5.41) is 3.80. The van der Waals surface area contributed by atoms with Gasteiger partial charge in [0.25, 0.3) is 0 Å². The minimum Gasteiger partial charge on any atom is -0.378 e. The molecule has 0 aromatic carbocycles. The van der Waals surface area contributed by atoms with Crippen LogP contribution < -0.4 is 5.32 Å². The molecule has 2 saturated carbocycles. The van der Waals surface area contributed by atoms with E-state index in [-0.39, 0.29) is 0 Å². The van der Waals surface area contributed by atoms with Crippen molar-refractivity contribution in [3.05, 3.63) is 0 Å². The molecule has 0 spiro atoms. The number of hydrogen-bond donors (Lipinski definition) is 1. The van der Waals surface area contributed by atoms with Gasteiger partial charge < -0.3 is 10.1 Å². The molecule has 1 aliphatic heterocycles. The van der Waals surface area contributed by atoms with Gasteiger partial charge in [0.2, 0.25) is 0 Å². The molecule has 2 bridgehead atoms. The molecule has 1 N–H and O–H groups in total. The lowest BCUT2D eigenvalue weighted by Gasteiger charge is -2.29. The van der Waals surface area contributed by atoms with Gasteiger partial charge in [-0.25, -0.2) is 0 Å². The molecular weight excluding hydrogens is 234 g/mol. The van der Waals surface area contributed by atoms with Crippen LogP contribution in [0.5, 0.6) is 0 Å². The van der Waals surface area contributed by atoms with Crippen molar-refractivity contribution in [2.75, 3.05) is 13.2 Å². The van der Waals surface area contributed by atoms with E-state index in [0.717, 1.165) is 24.4 Å². The number of rotatable bonds is 7. The van der Waals surface area contributed by atoms with Gasteiger partial charge in [-0.05, 0) is 75.7 Å². The first-order chi connectivity index (χ1) is 9.35. The Hall–Kier alpha value is -0.0800. The maximum atomic E-state index is 5.85. The molecule has 5 atom stereocenters. The molecule has 2 heteroatoms. The van der Waals surface area contributed by atoms with E-state index < -0.39 is 0 Å². The Labute approximate surface area is 118 Å². The van der Waals surface area contributed by atoms with E-state index in [1.807, 2.05) is 0 Å². The van der Waals surface area contributed by atoms with Crippen LogP contribution >= 0.6 is 0 Å². The highest BCUT2D eigenvalue weighted by molar-refractivity contribution is 4.92. The molecular formula is C17H31NO. The van der Waals surface area contributed by atoms with Crippen molar-refractivity contribution in [2.24, 2.45) is 17.8 Å². The van der Waals surface area contributed by atoms with Crippen LogP contribution in [0.2, 0.25) is 0 Å². The normalized spacial score (nSPS) is 39.0. The first-order valence-corrected chi connectivity index (χ1v) is 8.70.